The van der Waals surface area contributed by atoms with E-state index in [9.17, 15) is 0 Å². The van der Waals surface area contributed by atoms with Crippen LogP contribution in [0.15, 0.2) is 24.3 Å². The minimum Gasteiger partial charge on any atom is -0.383 e. The molecule has 84 valence electrons. The summed E-state index contributed by atoms with van der Waals surface area (Å²) < 4.78 is 5.11. The number of nitrogens with one attached hydrogen (secondary N) is 1. The summed E-state index contributed by atoms with van der Waals surface area (Å²) in [7, 11) is 1.73. The third-order valence-corrected chi connectivity index (χ3v) is 2.61. The van der Waals surface area contributed by atoms with E-state index in [1.54, 1.807) is 7.11 Å². The van der Waals surface area contributed by atoms with Gasteiger partial charge in [-0.1, -0.05) is 24.3 Å². The highest BCUT2D eigenvalue weighted by Crippen LogP contribution is 2.16. The predicted molar refractivity (Wildman–Crippen MR) is 64.1 cm³/mol. The summed E-state index contributed by atoms with van der Waals surface area (Å²) in [6.07, 6.45) is 0. The van der Waals surface area contributed by atoms with E-state index in [4.69, 9.17) is 4.74 Å². The van der Waals surface area contributed by atoms with Crippen molar-refractivity contribution in [3.8, 4) is 0 Å². The standard InChI is InChI=1S/C13H21NO/c1-10-7-5-6-8-13(10)12(3)14-11(2)9-15-4/h5-8,11-12,14H,9H2,1-4H3. The molecule has 1 N–H and O–H groups in total. The van der Waals surface area contributed by atoms with E-state index in [-0.39, 0.29) is 0 Å². The minimum absolute atomic E-state index is 0.372. The Bertz CT molecular complexity index is 298. The number of hydrogen-bond acceptors (Lipinski definition) is 2. The van der Waals surface area contributed by atoms with Crippen LogP contribution in [0, 0.1) is 6.92 Å². The average molecular weight is 207 g/mol. The van der Waals surface area contributed by atoms with Crippen molar-refractivity contribution in [2.24, 2.45) is 0 Å². The number of aryl methyl sites for hydroxylation is 1. The van der Waals surface area contributed by atoms with Crippen LogP contribution in [0.5, 0.6) is 0 Å². The molecular formula is C13H21NO. The van der Waals surface area contributed by atoms with Gasteiger partial charge in [-0.2, -0.15) is 0 Å². The van der Waals surface area contributed by atoms with Crippen LogP contribution in [0.3, 0.4) is 0 Å². The van der Waals surface area contributed by atoms with Gasteiger partial charge in [0.15, 0.2) is 0 Å². The van der Waals surface area contributed by atoms with E-state index in [1.807, 2.05) is 0 Å². The maximum Gasteiger partial charge on any atom is 0.0613 e. The van der Waals surface area contributed by atoms with Crippen molar-refractivity contribution in [1.82, 2.24) is 5.32 Å². The Labute approximate surface area is 92.6 Å². The SMILES string of the molecule is COCC(C)NC(C)c1ccccc1C. The van der Waals surface area contributed by atoms with Crippen molar-refractivity contribution in [3.05, 3.63) is 35.4 Å². The summed E-state index contributed by atoms with van der Waals surface area (Å²) in [5, 5.41) is 3.51. The Morgan fingerprint density at radius 1 is 1.27 bits per heavy atom. The summed E-state index contributed by atoms with van der Waals surface area (Å²) >= 11 is 0. The average Bonchev–Trinajstić information content (AvgIpc) is 2.18. The van der Waals surface area contributed by atoms with Crippen molar-refractivity contribution in [1.29, 1.82) is 0 Å². The maximum atomic E-state index is 5.11. The molecule has 2 nitrogen and oxygen atoms in total. The molecule has 0 heterocycles. The van der Waals surface area contributed by atoms with Crippen molar-refractivity contribution in [2.75, 3.05) is 13.7 Å². The molecule has 0 fully saturated rings. The zero-order valence-electron chi connectivity index (χ0n) is 10.1. The summed E-state index contributed by atoms with van der Waals surface area (Å²) in [5.74, 6) is 0. The number of hydrogen-bond donors (Lipinski definition) is 1. The molecule has 0 aromatic heterocycles. The molecule has 0 bridgehead atoms. The second-order valence-electron chi connectivity index (χ2n) is 4.10. The Kier molecular flexibility index (Phi) is 4.79. The van der Waals surface area contributed by atoms with Crippen molar-refractivity contribution in [3.63, 3.8) is 0 Å². The number of methoxy groups -OCH3 is 1. The number of rotatable bonds is 5. The molecule has 1 aromatic carbocycles. The smallest absolute Gasteiger partial charge is 0.0613 e. The van der Waals surface area contributed by atoms with Gasteiger partial charge in [0, 0.05) is 19.2 Å². The zero-order chi connectivity index (χ0) is 11.3. The van der Waals surface area contributed by atoms with E-state index >= 15 is 0 Å². The lowest BCUT2D eigenvalue weighted by molar-refractivity contribution is 0.167. The molecule has 15 heavy (non-hydrogen) atoms. The fourth-order valence-electron chi connectivity index (χ4n) is 1.89. The fraction of sp³-hybridized carbons (Fsp3) is 0.538. The highest BCUT2D eigenvalue weighted by molar-refractivity contribution is 5.28. The lowest BCUT2D eigenvalue weighted by atomic mass is 10.0. The first-order valence-electron chi connectivity index (χ1n) is 5.45. The van der Waals surface area contributed by atoms with Gasteiger partial charge < -0.3 is 10.1 Å². The highest BCUT2D eigenvalue weighted by atomic mass is 16.5. The van der Waals surface area contributed by atoms with Crippen LogP contribution in [-0.2, 0) is 4.74 Å². The van der Waals surface area contributed by atoms with Crippen LogP contribution in [0.25, 0.3) is 0 Å². The monoisotopic (exact) mass is 207 g/mol. The molecule has 1 aromatic rings. The van der Waals surface area contributed by atoms with Gasteiger partial charge in [-0.3, -0.25) is 0 Å². The first kappa shape index (κ1) is 12.2. The van der Waals surface area contributed by atoms with Crippen molar-refractivity contribution < 1.29 is 4.74 Å². The molecule has 1 rings (SSSR count). The lowest BCUT2D eigenvalue weighted by Crippen LogP contribution is -2.32. The van der Waals surface area contributed by atoms with Gasteiger partial charge >= 0.3 is 0 Å². The third kappa shape index (κ3) is 3.65. The van der Waals surface area contributed by atoms with Gasteiger partial charge in [0.25, 0.3) is 0 Å². The third-order valence-electron chi connectivity index (χ3n) is 2.61. The molecule has 0 radical (unpaired) electrons. The lowest BCUT2D eigenvalue weighted by Gasteiger charge is -2.21. The van der Waals surface area contributed by atoms with E-state index in [2.05, 4.69) is 50.4 Å². The van der Waals surface area contributed by atoms with Gasteiger partial charge in [0.05, 0.1) is 6.61 Å². The zero-order valence-corrected chi connectivity index (χ0v) is 10.1. The van der Waals surface area contributed by atoms with Crippen molar-refractivity contribution >= 4 is 0 Å². The predicted octanol–water partition coefficient (Wildman–Crippen LogP) is 2.68. The molecule has 0 aliphatic rings. The van der Waals surface area contributed by atoms with Crippen molar-refractivity contribution in [2.45, 2.75) is 32.9 Å². The second kappa shape index (κ2) is 5.89. The summed E-state index contributed by atoms with van der Waals surface area (Å²) in [6.45, 7) is 7.22. The number of benzene rings is 1. The summed E-state index contributed by atoms with van der Waals surface area (Å²) in [4.78, 5) is 0. The Hall–Kier alpha value is -0.860. The van der Waals surface area contributed by atoms with E-state index in [0.717, 1.165) is 6.61 Å². The molecule has 2 atom stereocenters. The van der Waals surface area contributed by atoms with E-state index < -0.39 is 0 Å². The van der Waals surface area contributed by atoms with Gasteiger partial charge in [-0.25, -0.2) is 0 Å². The first-order chi connectivity index (χ1) is 7.15. The minimum atomic E-state index is 0.372. The van der Waals surface area contributed by atoms with Gasteiger partial charge in [0.1, 0.15) is 0 Å². The quantitative estimate of drug-likeness (QED) is 0.801. The molecule has 0 saturated heterocycles. The topological polar surface area (TPSA) is 21.3 Å². The second-order valence-corrected chi connectivity index (χ2v) is 4.10. The Morgan fingerprint density at radius 3 is 2.53 bits per heavy atom. The van der Waals surface area contributed by atoms with Gasteiger partial charge in [-0.15, -0.1) is 0 Å². The highest BCUT2D eigenvalue weighted by Gasteiger charge is 2.10. The molecule has 0 saturated carbocycles. The fourth-order valence-corrected chi connectivity index (χ4v) is 1.89. The van der Waals surface area contributed by atoms with Crippen LogP contribution in [0.2, 0.25) is 0 Å². The Morgan fingerprint density at radius 2 is 1.93 bits per heavy atom. The van der Waals surface area contributed by atoms with Gasteiger partial charge in [-0.05, 0) is 31.9 Å². The Balaban J connectivity index is 2.61. The van der Waals surface area contributed by atoms with Crippen LogP contribution in [0.1, 0.15) is 31.0 Å². The van der Waals surface area contributed by atoms with Crippen LogP contribution >= 0.6 is 0 Å². The molecule has 0 aliphatic carbocycles. The molecule has 0 aliphatic heterocycles. The summed E-state index contributed by atoms with van der Waals surface area (Å²) in [5.41, 5.74) is 2.70. The van der Waals surface area contributed by atoms with Crippen LogP contribution < -0.4 is 5.32 Å². The first-order valence-corrected chi connectivity index (χ1v) is 5.45. The van der Waals surface area contributed by atoms with Gasteiger partial charge in [0.2, 0.25) is 0 Å². The molecule has 0 spiro atoms. The molecule has 2 heteroatoms. The van der Waals surface area contributed by atoms with E-state index in [1.165, 1.54) is 11.1 Å². The van der Waals surface area contributed by atoms with E-state index in [0.29, 0.717) is 12.1 Å². The molecular weight excluding hydrogens is 186 g/mol. The van der Waals surface area contributed by atoms with Crippen LogP contribution in [0.4, 0.5) is 0 Å². The normalized spacial score (nSPS) is 14.9. The largest absolute Gasteiger partial charge is 0.383 e. The van der Waals surface area contributed by atoms with Crippen LogP contribution in [-0.4, -0.2) is 19.8 Å². The summed E-state index contributed by atoms with van der Waals surface area (Å²) in [6, 6.07) is 9.23. The molecule has 2 unspecified atom stereocenters. The maximum absolute atomic E-state index is 5.11. The number of ether oxygens (including phenoxy) is 1. The molecule has 0 amide bonds.